The zero-order valence-corrected chi connectivity index (χ0v) is 12.1. The van der Waals surface area contributed by atoms with E-state index in [-0.39, 0.29) is 0 Å². The normalized spacial score (nSPS) is 16.0. The van der Waals surface area contributed by atoms with Gasteiger partial charge in [0, 0.05) is 17.8 Å². The summed E-state index contributed by atoms with van der Waals surface area (Å²) < 4.78 is 4.34. The highest BCUT2D eigenvalue weighted by atomic mass is 15.3. The van der Waals surface area contributed by atoms with Gasteiger partial charge in [-0.3, -0.25) is 4.68 Å². The van der Waals surface area contributed by atoms with Gasteiger partial charge >= 0.3 is 0 Å². The summed E-state index contributed by atoms with van der Waals surface area (Å²) in [5.41, 5.74) is 9.14. The first-order chi connectivity index (χ1) is 10.3. The van der Waals surface area contributed by atoms with Crippen molar-refractivity contribution in [2.24, 2.45) is 0 Å². The SMILES string of the molecule is Nc1cccc2ccn(Cc3ccn(C4CCCC4)n3)c12. The molecule has 1 saturated carbocycles. The minimum Gasteiger partial charge on any atom is -0.397 e. The lowest BCUT2D eigenvalue weighted by molar-refractivity contribution is 0.462. The second-order valence-electron chi connectivity index (χ2n) is 5.95. The highest BCUT2D eigenvalue weighted by molar-refractivity contribution is 5.90. The lowest BCUT2D eigenvalue weighted by atomic mass is 10.2. The zero-order chi connectivity index (χ0) is 14.2. The minimum atomic E-state index is 0.602. The van der Waals surface area contributed by atoms with Crippen molar-refractivity contribution >= 4 is 16.6 Å². The van der Waals surface area contributed by atoms with E-state index < -0.39 is 0 Å². The Morgan fingerprint density at radius 2 is 1.95 bits per heavy atom. The van der Waals surface area contributed by atoms with Gasteiger partial charge in [0.2, 0.25) is 0 Å². The molecule has 2 N–H and O–H groups in total. The number of rotatable bonds is 3. The average Bonchev–Trinajstić information content (AvgIpc) is 3.19. The molecule has 0 atom stereocenters. The number of nitrogens with two attached hydrogens (primary N) is 1. The van der Waals surface area contributed by atoms with E-state index in [1.165, 1.54) is 31.1 Å². The van der Waals surface area contributed by atoms with Crippen molar-refractivity contribution in [1.29, 1.82) is 0 Å². The number of hydrogen-bond acceptors (Lipinski definition) is 2. The summed E-state index contributed by atoms with van der Waals surface area (Å²) in [6.07, 6.45) is 9.41. The van der Waals surface area contributed by atoms with Crippen molar-refractivity contribution in [1.82, 2.24) is 14.3 Å². The molecule has 108 valence electrons. The molecule has 0 unspecified atom stereocenters. The van der Waals surface area contributed by atoms with E-state index >= 15 is 0 Å². The van der Waals surface area contributed by atoms with E-state index in [2.05, 4.69) is 39.8 Å². The number of para-hydroxylation sites is 1. The van der Waals surface area contributed by atoms with Crippen LogP contribution in [0.4, 0.5) is 5.69 Å². The van der Waals surface area contributed by atoms with Gasteiger partial charge in [-0.25, -0.2) is 0 Å². The van der Waals surface area contributed by atoms with Crippen molar-refractivity contribution < 1.29 is 0 Å². The van der Waals surface area contributed by atoms with E-state index in [1.54, 1.807) is 0 Å². The van der Waals surface area contributed by atoms with E-state index in [4.69, 9.17) is 10.8 Å². The first-order valence-corrected chi connectivity index (χ1v) is 7.68. The van der Waals surface area contributed by atoms with Gasteiger partial charge in [0.15, 0.2) is 0 Å². The molecule has 1 aliphatic rings. The van der Waals surface area contributed by atoms with Gasteiger partial charge in [-0.2, -0.15) is 5.10 Å². The van der Waals surface area contributed by atoms with Gasteiger partial charge in [0.05, 0.1) is 29.5 Å². The number of nitrogens with zero attached hydrogens (tertiary/aromatic N) is 3. The molecule has 1 fully saturated rings. The van der Waals surface area contributed by atoms with Crippen LogP contribution in [0.3, 0.4) is 0 Å². The first kappa shape index (κ1) is 12.5. The molecular weight excluding hydrogens is 260 g/mol. The Morgan fingerprint density at radius 1 is 1.10 bits per heavy atom. The highest BCUT2D eigenvalue weighted by Crippen LogP contribution is 2.29. The number of anilines is 1. The molecule has 3 aromatic rings. The van der Waals surface area contributed by atoms with E-state index in [9.17, 15) is 0 Å². The van der Waals surface area contributed by atoms with Gasteiger partial charge in [-0.1, -0.05) is 25.0 Å². The summed E-state index contributed by atoms with van der Waals surface area (Å²) in [6, 6.07) is 10.9. The first-order valence-electron chi connectivity index (χ1n) is 7.68. The van der Waals surface area contributed by atoms with Gasteiger partial charge in [0.25, 0.3) is 0 Å². The van der Waals surface area contributed by atoms with Crippen LogP contribution < -0.4 is 5.73 Å². The molecule has 0 amide bonds. The summed E-state index contributed by atoms with van der Waals surface area (Å²) in [5, 5.41) is 5.94. The molecule has 4 nitrogen and oxygen atoms in total. The molecule has 0 bridgehead atoms. The van der Waals surface area contributed by atoms with Crippen LogP contribution in [0.5, 0.6) is 0 Å². The number of benzene rings is 1. The Kier molecular flexibility index (Phi) is 2.95. The lowest BCUT2D eigenvalue weighted by Gasteiger charge is -2.09. The molecule has 2 aromatic heterocycles. The monoisotopic (exact) mass is 280 g/mol. The van der Waals surface area contributed by atoms with Crippen LogP contribution in [0.25, 0.3) is 10.9 Å². The number of nitrogen functional groups attached to an aromatic ring is 1. The van der Waals surface area contributed by atoms with Crippen LogP contribution in [0, 0.1) is 0 Å². The van der Waals surface area contributed by atoms with Gasteiger partial charge in [0.1, 0.15) is 0 Å². The second-order valence-corrected chi connectivity index (χ2v) is 5.95. The molecule has 4 rings (SSSR count). The Morgan fingerprint density at radius 3 is 2.81 bits per heavy atom. The van der Waals surface area contributed by atoms with Crippen molar-refractivity contribution in [2.75, 3.05) is 5.73 Å². The topological polar surface area (TPSA) is 48.8 Å². The lowest BCUT2D eigenvalue weighted by Crippen LogP contribution is -2.07. The van der Waals surface area contributed by atoms with E-state index in [0.29, 0.717) is 6.04 Å². The Labute approximate surface area is 124 Å². The van der Waals surface area contributed by atoms with Gasteiger partial charge in [-0.05, 0) is 31.0 Å². The predicted octanol–water partition coefficient (Wildman–Crippen LogP) is 3.58. The summed E-state index contributed by atoms with van der Waals surface area (Å²) in [7, 11) is 0. The van der Waals surface area contributed by atoms with Crippen LogP contribution in [-0.2, 0) is 6.54 Å². The Bertz CT molecular complexity index is 762. The molecular formula is C17H20N4. The minimum absolute atomic E-state index is 0.602. The average molecular weight is 280 g/mol. The third-order valence-corrected chi connectivity index (χ3v) is 4.51. The molecule has 0 aliphatic heterocycles. The maximum atomic E-state index is 6.11. The van der Waals surface area contributed by atoms with Gasteiger partial charge < -0.3 is 10.3 Å². The van der Waals surface area contributed by atoms with Crippen molar-refractivity contribution in [2.45, 2.75) is 38.3 Å². The van der Waals surface area contributed by atoms with Crippen LogP contribution in [0.2, 0.25) is 0 Å². The Hall–Kier alpha value is -2.23. The smallest absolute Gasteiger partial charge is 0.0821 e. The highest BCUT2D eigenvalue weighted by Gasteiger charge is 2.17. The number of aromatic nitrogens is 3. The molecule has 0 radical (unpaired) electrons. The van der Waals surface area contributed by atoms with Crippen LogP contribution in [0.1, 0.15) is 37.4 Å². The summed E-state index contributed by atoms with van der Waals surface area (Å²) in [4.78, 5) is 0. The Balaban J connectivity index is 1.63. The fourth-order valence-corrected chi connectivity index (χ4v) is 3.43. The van der Waals surface area contributed by atoms with Crippen LogP contribution >= 0.6 is 0 Å². The van der Waals surface area contributed by atoms with Crippen molar-refractivity contribution in [3.05, 3.63) is 48.4 Å². The summed E-state index contributed by atoms with van der Waals surface area (Å²) in [6.45, 7) is 0.775. The molecule has 2 heterocycles. The van der Waals surface area contributed by atoms with Crippen LogP contribution in [-0.4, -0.2) is 14.3 Å². The predicted molar refractivity (Wildman–Crippen MR) is 85.2 cm³/mol. The van der Waals surface area contributed by atoms with E-state index in [0.717, 1.165) is 23.4 Å². The molecule has 0 spiro atoms. The summed E-state index contributed by atoms with van der Waals surface area (Å²) in [5.74, 6) is 0. The molecule has 0 saturated heterocycles. The maximum absolute atomic E-state index is 6.11. The molecule has 4 heteroatoms. The third kappa shape index (κ3) is 2.20. The molecule has 1 aromatic carbocycles. The van der Waals surface area contributed by atoms with Crippen LogP contribution in [0.15, 0.2) is 42.7 Å². The second kappa shape index (κ2) is 4.95. The van der Waals surface area contributed by atoms with E-state index in [1.807, 2.05) is 12.1 Å². The molecule has 21 heavy (non-hydrogen) atoms. The maximum Gasteiger partial charge on any atom is 0.0821 e. The standard InChI is InChI=1S/C17H20N4/c18-16-7-3-4-13-8-10-20(17(13)16)12-14-9-11-21(19-14)15-5-1-2-6-15/h3-4,7-11,15H,1-2,5-6,12,18H2. The third-order valence-electron chi connectivity index (χ3n) is 4.51. The fourth-order valence-electron chi connectivity index (χ4n) is 3.43. The molecule has 1 aliphatic carbocycles. The number of fused-ring (bicyclic) bond motifs is 1. The summed E-state index contributed by atoms with van der Waals surface area (Å²) >= 11 is 0. The van der Waals surface area contributed by atoms with Crippen molar-refractivity contribution in [3.8, 4) is 0 Å². The van der Waals surface area contributed by atoms with Gasteiger partial charge in [-0.15, -0.1) is 0 Å². The zero-order valence-electron chi connectivity index (χ0n) is 12.1. The number of hydrogen-bond donors (Lipinski definition) is 1. The fraction of sp³-hybridized carbons (Fsp3) is 0.353. The largest absolute Gasteiger partial charge is 0.397 e. The quantitative estimate of drug-likeness (QED) is 0.745. The van der Waals surface area contributed by atoms with Crippen molar-refractivity contribution in [3.63, 3.8) is 0 Å².